The molecule has 7 nitrogen and oxygen atoms in total. The van der Waals surface area contributed by atoms with E-state index in [1.54, 1.807) is 36.0 Å². The Morgan fingerprint density at radius 2 is 2.04 bits per heavy atom. The Balaban J connectivity index is 1.75. The van der Waals surface area contributed by atoms with Gasteiger partial charge >= 0.3 is 0 Å². The van der Waals surface area contributed by atoms with E-state index in [0.717, 1.165) is 11.3 Å². The summed E-state index contributed by atoms with van der Waals surface area (Å²) in [5, 5.41) is 9.53. The first-order valence-corrected chi connectivity index (χ1v) is 7.48. The summed E-state index contributed by atoms with van der Waals surface area (Å²) in [6.45, 7) is 2.17. The zero-order valence-electron chi connectivity index (χ0n) is 13.4. The molecule has 2 heterocycles. The normalized spacial score (nSPS) is 10.6. The smallest absolute Gasteiger partial charge is 0.257 e. The molecule has 3 rings (SSSR count). The third-order valence-electron chi connectivity index (χ3n) is 3.62. The van der Waals surface area contributed by atoms with Crippen molar-refractivity contribution in [3.05, 3.63) is 65.1 Å². The van der Waals surface area contributed by atoms with Crippen LogP contribution in [-0.4, -0.2) is 33.5 Å². The quantitative estimate of drug-likeness (QED) is 0.758. The lowest BCUT2D eigenvalue weighted by Crippen LogP contribution is -2.23. The number of nitrogens with one attached hydrogen (secondary N) is 2. The monoisotopic (exact) mass is 323 g/mol. The molecule has 0 bridgehead atoms. The van der Waals surface area contributed by atoms with Crippen LogP contribution in [0.1, 0.15) is 32.0 Å². The van der Waals surface area contributed by atoms with Crippen LogP contribution in [0.15, 0.2) is 42.7 Å². The number of nitrogens with zero attached hydrogens (tertiary/aromatic N) is 3. The van der Waals surface area contributed by atoms with Crippen LogP contribution in [0, 0.1) is 6.92 Å². The minimum atomic E-state index is -0.256. The van der Waals surface area contributed by atoms with E-state index in [4.69, 9.17) is 0 Å². The van der Waals surface area contributed by atoms with Gasteiger partial charge in [0, 0.05) is 31.0 Å². The zero-order valence-corrected chi connectivity index (χ0v) is 13.4. The number of hydrogen-bond acceptors (Lipinski definition) is 4. The second-order valence-corrected chi connectivity index (χ2v) is 5.36. The molecule has 2 aromatic heterocycles. The predicted octanol–water partition coefficient (Wildman–Crippen LogP) is 1.33. The number of rotatable bonds is 4. The molecule has 0 saturated heterocycles. The number of carbonyl (C=O) groups excluding carboxylic acids is 2. The van der Waals surface area contributed by atoms with Gasteiger partial charge in [0.25, 0.3) is 11.8 Å². The van der Waals surface area contributed by atoms with Gasteiger partial charge in [-0.1, -0.05) is 12.1 Å². The van der Waals surface area contributed by atoms with Crippen LogP contribution in [0.4, 0.5) is 0 Å². The number of benzene rings is 1. The van der Waals surface area contributed by atoms with E-state index in [9.17, 15) is 9.59 Å². The summed E-state index contributed by atoms with van der Waals surface area (Å²) < 4.78 is 1.56. The highest BCUT2D eigenvalue weighted by Gasteiger charge is 2.14. The highest BCUT2D eigenvalue weighted by molar-refractivity contribution is 5.99. The van der Waals surface area contributed by atoms with Crippen molar-refractivity contribution < 1.29 is 9.59 Å². The van der Waals surface area contributed by atoms with E-state index < -0.39 is 0 Å². The second-order valence-electron chi connectivity index (χ2n) is 5.36. The van der Waals surface area contributed by atoms with Gasteiger partial charge in [0.2, 0.25) is 0 Å². The van der Waals surface area contributed by atoms with E-state index in [1.807, 2.05) is 19.1 Å². The Labute approximate surface area is 138 Å². The van der Waals surface area contributed by atoms with Crippen LogP contribution >= 0.6 is 0 Å². The van der Waals surface area contributed by atoms with Crippen molar-refractivity contribution in [3.63, 3.8) is 0 Å². The van der Waals surface area contributed by atoms with Crippen molar-refractivity contribution in [1.29, 1.82) is 0 Å². The third kappa shape index (κ3) is 3.10. The fourth-order valence-corrected chi connectivity index (χ4v) is 2.36. The van der Waals surface area contributed by atoms with E-state index in [1.165, 1.54) is 6.20 Å². The van der Waals surface area contributed by atoms with Gasteiger partial charge < -0.3 is 10.6 Å². The number of fused-ring (bicyclic) bond motifs is 1. The van der Waals surface area contributed by atoms with Gasteiger partial charge in [-0.3, -0.25) is 9.59 Å². The Morgan fingerprint density at radius 1 is 1.21 bits per heavy atom. The molecule has 2 N–H and O–H groups in total. The Morgan fingerprint density at radius 3 is 2.83 bits per heavy atom. The SMILES string of the molecule is CNC(=O)c1cccc(CNC(=O)c2cnn3ccc(C)nc23)c1. The van der Waals surface area contributed by atoms with Crippen LogP contribution in [0.5, 0.6) is 0 Å². The van der Waals surface area contributed by atoms with Gasteiger partial charge in [-0.2, -0.15) is 5.10 Å². The summed E-state index contributed by atoms with van der Waals surface area (Å²) in [7, 11) is 1.58. The average molecular weight is 323 g/mol. The maximum absolute atomic E-state index is 12.4. The lowest BCUT2D eigenvalue weighted by atomic mass is 10.1. The molecule has 122 valence electrons. The van der Waals surface area contributed by atoms with E-state index in [-0.39, 0.29) is 11.8 Å². The third-order valence-corrected chi connectivity index (χ3v) is 3.62. The maximum atomic E-state index is 12.4. The molecule has 24 heavy (non-hydrogen) atoms. The molecule has 0 aliphatic rings. The minimum absolute atomic E-state index is 0.162. The predicted molar refractivity (Wildman–Crippen MR) is 88.7 cm³/mol. The number of hydrogen-bond donors (Lipinski definition) is 2. The van der Waals surface area contributed by atoms with Crippen molar-refractivity contribution in [2.24, 2.45) is 0 Å². The van der Waals surface area contributed by atoms with Crippen molar-refractivity contribution in [1.82, 2.24) is 25.2 Å². The van der Waals surface area contributed by atoms with Gasteiger partial charge in [-0.15, -0.1) is 0 Å². The fraction of sp³-hybridized carbons (Fsp3) is 0.176. The average Bonchev–Trinajstić information content (AvgIpc) is 3.02. The Kier molecular flexibility index (Phi) is 4.24. The molecule has 1 aromatic carbocycles. The first kappa shape index (κ1) is 15.7. The highest BCUT2D eigenvalue weighted by Crippen LogP contribution is 2.10. The summed E-state index contributed by atoms with van der Waals surface area (Å²) in [6.07, 6.45) is 3.26. The molecule has 0 fully saturated rings. The molecular formula is C17H17N5O2. The molecule has 0 saturated carbocycles. The standard InChI is InChI=1S/C17H17N5O2/c1-11-6-7-22-15(21-11)14(10-20-22)17(24)19-9-12-4-3-5-13(8-12)16(23)18-2/h3-8,10H,9H2,1-2H3,(H,18,23)(H,19,24). The van der Waals surface area contributed by atoms with E-state index >= 15 is 0 Å². The van der Waals surface area contributed by atoms with Gasteiger partial charge in [0.1, 0.15) is 5.56 Å². The van der Waals surface area contributed by atoms with Crippen molar-refractivity contribution in [2.75, 3.05) is 7.05 Å². The summed E-state index contributed by atoms with van der Waals surface area (Å²) in [5.41, 5.74) is 3.14. The van der Waals surface area contributed by atoms with Crippen molar-refractivity contribution in [3.8, 4) is 0 Å². The fourth-order valence-electron chi connectivity index (χ4n) is 2.36. The van der Waals surface area contributed by atoms with Crippen LogP contribution in [0.25, 0.3) is 5.65 Å². The van der Waals surface area contributed by atoms with Crippen LogP contribution < -0.4 is 10.6 Å². The molecule has 0 radical (unpaired) electrons. The van der Waals surface area contributed by atoms with Crippen molar-refractivity contribution >= 4 is 17.5 Å². The molecule has 7 heteroatoms. The molecule has 0 atom stereocenters. The number of amides is 2. The van der Waals surface area contributed by atoms with Gasteiger partial charge in [-0.25, -0.2) is 9.50 Å². The zero-order chi connectivity index (χ0) is 17.1. The Bertz CT molecular complexity index is 916. The maximum Gasteiger partial charge on any atom is 0.257 e. The van der Waals surface area contributed by atoms with Gasteiger partial charge in [0.05, 0.1) is 6.20 Å². The second kappa shape index (κ2) is 6.49. The number of aromatic nitrogens is 3. The van der Waals surface area contributed by atoms with E-state index in [0.29, 0.717) is 23.3 Å². The molecule has 3 aromatic rings. The van der Waals surface area contributed by atoms with Crippen LogP contribution in [0.2, 0.25) is 0 Å². The van der Waals surface area contributed by atoms with E-state index in [2.05, 4.69) is 20.7 Å². The molecule has 0 aliphatic heterocycles. The van der Waals surface area contributed by atoms with Crippen LogP contribution in [0.3, 0.4) is 0 Å². The topological polar surface area (TPSA) is 88.4 Å². The summed E-state index contributed by atoms with van der Waals surface area (Å²) in [4.78, 5) is 28.4. The minimum Gasteiger partial charge on any atom is -0.355 e. The molecular weight excluding hydrogens is 306 g/mol. The first-order valence-electron chi connectivity index (χ1n) is 7.48. The first-order chi connectivity index (χ1) is 11.6. The molecule has 2 amide bonds. The molecule has 0 unspecified atom stereocenters. The lowest BCUT2D eigenvalue weighted by Gasteiger charge is -2.06. The summed E-state index contributed by atoms with van der Waals surface area (Å²) >= 11 is 0. The highest BCUT2D eigenvalue weighted by atomic mass is 16.2. The number of carbonyl (C=O) groups is 2. The summed E-state index contributed by atoms with van der Waals surface area (Å²) in [5.74, 6) is -0.418. The van der Waals surface area contributed by atoms with Gasteiger partial charge in [-0.05, 0) is 30.7 Å². The van der Waals surface area contributed by atoms with Crippen LogP contribution in [-0.2, 0) is 6.54 Å². The van der Waals surface area contributed by atoms with Crippen molar-refractivity contribution in [2.45, 2.75) is 13.5 Å². The largest absolute Gasteiger partial charge is 0.355 e. The molecule has 0 spiro atoms. The lowest BCUT2D eigenvalue weighted by molar-refractivity contribution is 0.0949. The Hall–Kier alpha value is -3.22. The van der Waals surface area contributed by atoms with Gasteiger partial charge in [0.15, 0.2) is 5.65 Å². The number of aryl methyl sites for hydroxylation is 1. The molecule has 0 aliphatic carbocycles. The summed E-state index contributed by atoms with van der Waals surface area (Å²) in [6, 6.07) is 8.93.